The molecule has 2 saturated heterocycles. The van der Waals surface area contributed by atoms with Crippen molar-refractivity contribution in [1.82, 2.24) is 0 Å². The third-order valence-corrected chi connectivity index (χ3v) is 12.7. The van der Waals surface area contributed by atoms with Crippen LogP contribution in [-0.4, -0.2) is 28.7 Å². The van der Waals surface area contributed by atoms with Crippen LogP contribution in [0.5, 0.6) is 11.5 Å². The average Bonchev–Trinajstić information content (AvgIpc) is 3.62. The number of fused-ring (bicyclic) bond motifs is 5. The number of hydrogen-bond donors (Lipinski definition) is 2. The van der Waals surface area contributed by atoms with Crippen molar-refractivity contribution >= 4 is 58.0 Å². The number of ether oxygens (including phenoxy) is 1. The molecule has 57 heavy (non-hydrogen) atoms. The molecular formula is C47H36ClN3O6. The second kappa shape index (κ2) is 13.3. The Hall–Kier alpha value is -6.45. The monoisotopic (exact) mass is 773 g/mol. The minimum Gasteiger partial charge on any atom is -0.508 e. The Balaban J connectivity index is 1.09. The van der Waals surface area contributed by atoms with E-state index in [1.165, 1.54) is 9.80 Å². The average molecular weight is 774 g/mol. The number of nitrogens with one attached hydrogen (secondary N) is 1. The highest BCUT2D eigenvalue weighted by Crippen LogP contribution is 2.64. The van der Waals surface area contributed by atoms with Crippen LogP contribution in [0.3, 0.4) is 0 Å². The molecule has 10 heteroatoms. The van der Waals surface area contributed by atoms with Gasteiger partial charge in [-0.2, -0.15) is 0 Å². The molecule has 282 valence electrons. The molecule has 4 amide bonds. The molecule has 1 saturated carbocycles. The summed E-state index contributed by atoms with van der Waals surface area (Å²) in [6, 6.07) is 38.0. The van der Waals surface area contributed by atoms with E-state index in [0.717, 1.165) is 28.1 Å². The van der Waals surface area contributed by atoms with Crippen LogP contribution in [0.2, 0.25) is 5.02 Å². The maximum absolute atomic E-state index is 15.5. The van der Waals surface area contributed by atoms with Gasteiger partial charge in [0.1, 0.15) is 11.5 Å². The first-order chi connectivity index (χ1) is 27.7. The van der Waals surface area contributed by atoms with Gasteiger partial charge in [0.2, 0.25) is 23.6 Å². The number of aromatic hydroxyl groups is 1. The number of amides is 4. The molecule has 6 unspecified atom stereocenters. The Kier molecular flexibility index (Phi) is 8.19. The number of allylic oxidation sites excluding steroid dienone is 3. The van der Waals surface area contributed by atoms with E-state index in [9.17, 15) is 14.7 Å². The van der Waals surface area contributed by atoms with Crippen LogP contribution < -0.4 is 19.9 Å². The molecule has 3 aliphatic heterocycles. The van der Waals surface area contributed by atoms with E-state index < -0.39 is 35.0 Å². The van der Waals surface area contributed by atoms with Gasteiger partial charge in [-0.05, 0) is 103 Å². The third kappa shape index (κ3) is 5.36. The third-order valence-electron chi connectivity index (χ3n) is 12.5. The number of para-hydroxylation sites is 1. The highest BCUT2D eigenvalue weighted by molar-refractivity contribution is 6.32. The lowest BCUT2D eigenvalue weighted by Crippen LogP contribution is -2.55. The number of anilines is 4. The predicted octanol–water partition coefficient (Wildman–Crippen LogP) is 8.51. The zero-order valence-electron chi connectivity index (χ0n) is 30.5. The maximum Gasteiger partial charge on any atom is 0.246 e. The number of phenolic OH excluding ortho intramolecular Hbond substituents is 1. The van der Waals surface area contributed by atoms with Crippen molar-refractivity contribution in [2.24, 2.45) is 29.6 Å². The van der Waals surface area contributed by atoms with E-state index in [2.05, 4.69) is 5.32 Å². The Morgan fingerprint density at radius 1 is 0.719 bits per heavy atom. The molecule has 5 aromatic carbocycles. The minimum atomic E-state index is -1.42. The number of imide groups is 2. The summed E-state index contributed by atoms with van der Waals surface area (Å²) in [4.78, 5) is 62.3. The topological polar surface area (TPSA) is 116 Å². The van der Waals surface area contributed by atoms with E-state index in [0.29, 0.717) is 40.6 Å². The van der Waals surface area contributed by atoms with Gasteiger partial charge in [0.15, 0.2) is 0 Å². The summed E-state index contributed by atoms with van der Waals surface area (Å²) in [6.45, 7) is 0. The minimum absolute atomic E-state index is 0.0776. The summed E-state index contributed by atoms with van der Waals surface area (Å²) < 4.78 is 6.23. The van der Waals surface area contributed by atoms with E-state index >= 15 is 9.59 Å². The molecule has 2 aliphatic carbocycles. The van der Waals surface area contributed by atoms with Gasteiger partial charge in [0, 0.05) is 34.3 Å². The van der Waals surface area contributed by atoms with Gasteiger partial charge in [-0.1, -0.05) is 77.8 Å². The van der Waals surface area contributed by atoms with Crippen LogP contribution >= 0.6 is 11.6 Å². The molecule has 2 N–H and O–H groups in total. The number of nitrogens with zero attached hydrogens (tertiary/aromatic N) is 2. The molecule has 9 nitrogen and oxygen atoms in total. The van der Waals surface area contributed by atoms with Gasteiger partial charge in [-0.25, -0.2) is 4.90 Å². The highest BCUT2D eigenvalue weighted by Gasteiger charge is 2.70. The molecule has 5 aromatic rings. The fourth-order valence-electron chi connectivity index (χ4n) is 10.2. The van der Waals surface area contributed by atoms with Crippen LogP contribution in [-0.2, 0) is 31.0 Å². The molecule has 10 rings (SSSR count). The molecule has 5 aliphatic rings. The summed E-state index contributed by atoms with van der Waals surface area (Å²) in [5, 5.41) is 14.2. The van der Waals surface area contributed by atoms with Gasteiger partial charge in [0.05, 0.1) is 40.8 Å². The van der Waals surface area contributed by atoms with Crippen molar-refractivity contribution in [2.45, 2.75) is 24.7 Å². The first kappa shape index (κ1) is 35.0. The number of hydrogen-bond acceptors (Lipinski definition) is 7. The number of benzene rings is 5. The Morgan fingerprint density at radius 3 is 2.21 bits per heavy atom. The molecule has 0 radical (unpaired) electrons. The number of phenols is 1. The fourth-order valence-corrected chi connectivity index (χ4v) is 10.4. The molecule has 3 fully saturated rings. The molecular weight excluding hydrogens is 738 g/mol. The zero-order valence-corrected chi connectivity index (χ0v) is 31.3. The van der Waals surface area contributed by atoms with E-state index in [-0.39, 0.29) is 35.8 Å². The SMILES string of the molecule is O=C1C2CC=C3C(CC4C(=O)N(c5cccc(Cl)c5)C(=O)C4(c4ccccc4)C3C3=COc4ccc(O)cc4C3)C2C(=O)N1c1ccc(Nc2ccccc2)cc1. The largest absolute Gasteiger partial charge is 0.508 e. The summed E-state index contributed by atoms with van der Waals surface area (Å²) in [5.74, 6) is -4.25. The van der Waals surface area contributed by atoms with Crippen LogP contribution in [0.25, 0.3) is 0 Å². The lowest BCUT2D eigenvalue weighted by molar-refractivity contribution is -0.128. The van der Waals surface area contributed by atoms with Crippen molar-refractivity contribution in [3.05, 3.63) is 167 Å². The standard InChI is InChI=1S/C47H36ClN3O6/c48-30-10-7-13-34(24-30)51-44(54)39-25-38-36(19-20-37-41(38)45(55)50(43(37)53)33-16-14-32(15-17-33)49-31-11-5-2-6-12-31)42(47(39,46(51)56)29-8-3-1-4-9-29)28-22-27-23-35(52)18-21-40(27)57-26-28/h1-19,21,23-24,26,37-39,41-42,49,52H,20,22,25H2. The summed E-state index contributed by atoms with van der Waals surface area (Å²) in [6.07, 6.45) is 4.51. The van der Waals surface area contributed by atoms with Crippen molar-refractivity contribution in [2.75, 3.05) is 15.1 Å². The quantitative estimate of drug-likeness (QED) is 0.131. The van der Waals surface area contributed by atoms with Gasteiger partial charge >= 0.3 is 0 Å². The Morgan fingerprint density at radius 2 is 1.46 bits per heavy atom. The highest BCUT2D eigenvalue weighted by atomic mass is 35.5. The second-order valence-corrected chi connectivity index (χ2v) is 15.9. The summed E-state index contributed by atoms with van der Waals surface area (Å²) >= 11 is 6.45. The van der Waals surface area contributed by atoms with Gasteiger partial charge in [-0.3, -0.25) is 24.1 Å². The molecule has 6 atom stereocenters. The van der Waals surface area contributed by atoms with Crippen LogP contribution in [0.1, 0.15) is 24.0 Å². The Bertz CT molecular complexity index is 2560. The van der Waals surface area contributed by atoms with Crippen molar-refractivity contribution < 1.29 is 29.0 Å². The first-order valence-corrected chi connectivity index (χ1v) is 19.5. The van der Waals surface area contributed by atoms with Crippen LogP contribution in [0.4, 0.5) is 22.7 Å². The summed E-state index contributed by atoms with van der Waals surface area (Å²) in [7, 11) is 0. The van der Waals surface area contributed by atoms with Crippen LogP contribution in [0.15, 0.2) is 151 Å². The van der Waals surface area contributed by atoms with Crippen molar-refractivity contribution in [1.29, 1.82) is 0 Å². The van der Waals surface area contributed by atoms with E-state index in [1.807, 2.05) is 78.9 Å². The molecule has 0 spiro atoms. The predicted molar refractivity (Wildman–Crippen MR) is 216 cm³/mol. The normalized spacial score (nSPS) is 26.2. The Labute approximate surface area is 333 Å². The number of carbonyl (C=O) groups excluding carboxylic acids is 4. The molecule has 0 aromatic heterocycles. The first-order valence-electron chi connectivity index (χ1n) is 19.1. The van der Waals surface area contributed by atoms with Crippen LogP contribution in [0, 0.1) is 29.6 Å². The van der Waals surface area contributed by atoms with Crippen molar-refractivity contribution in [3.8, 4) is 11.5 Å². The fraction of sp³-hybridized carbons (Fsp3) is 0.191. The number of rotatable bonds is 6. The van der Waals surface area contributed by atoms with E-state index in [4.69, 9.17) is 16.3 Å². The second-order valence-electron chi connectivity index (χ2n) is 15.4. The van der Waals surface area contributed by atoms with Gasteiger partial charge in [-0.15, -0.1) is 0 Å². The molecule has 0 bridgehead atoms. The number of halogens is 1. The molecule has 3 heterocycles. The summed E-state index contributed by atoms with van der Waals surface area (Å²) in [5.41, 5.74) is 4.12. The lowest BCUT2D eigenvalue weighted by Gasteiger charge is -2.51. The van der Waals surface area contributed by atoms with E-state index in [1.54, 1.807) is 60.9 Å². The van der Waals surface area contributed by atoms with Crippen molar-refractivity contribution in [3.63, 3.8) is 0 Å². The maximum atomic E-state index is 15.5. The zero-order chi connectivity index (χ0) is 39.0. The van der Waals surface area contributed by atoms with Gasteiger partial charge in [0.25, 0.3) is 0 Å². The smallest absolute Gasteiger partial charge is 0.246 e. The van der Waals surface area contributed by atoms with Gasteiger partial charge < -0.3 is 15.2 Å². The lowest BCUT2D eigenvalue weighted by atomic mass is 9.48. The number of carbonyl (C=O) groups is 4.